The van der Waals surface area contributed by atoms with Gasteiger partial charge in [-0.15, -0.1) is 0 Å². The summed E-state index contributed by atoms with van der Waals surface area (Å²) in [7, 11) is 0. The zero-order chi connectivity index (χ0) is 25.4. The van der Waals surface area contributed by atoms with Crippen LogP contribution in [0, 0.1) is 0 Å². The largest absolute Gasteiger partial charge is 0.454 e. The summed E-state index contributed by atoms with van der Waals surface area (Å²) in [6.45, 7) is -1.25. The van der Waals surface area contributed by atoms with E-state index in [4.69, 9.17) is 4.74 Å². The number of alkyl halides is 3. The Labute approximate surface area is 199 Å². The summed E-state index contributed by atoms with van der Waals surface area (Å²) < 4.78 is 42.6. The number of carbonyl (C=O) groups excluding carboxylic acids is 4. The van der Waals surface area contributed by atoms with Crippen LogP contribution in [0.3, 0.4) is 0 Å². The fraction of sp³-hybridized carbons (Fsp3) is 0.333. The minimum absolute atomic E-state index is 0.0731. The van der Waals surface area contributed by atoms with Crippen LogP contribution in [0.1, 0.15) is 52.0 Å². The molecule has 3 amide bonds. The molecule has 0 atom stereocenters. The number of anilines is 1. The molecule has 0 aromatic heterocycles. The molecule has 1 aliphatic carbocycles. The molecule has 0 saturated heterocycles. The zero-order valence-electron chi connectivity index (χ0n) is 18.6. The average molecular weight is 491 g/mol. The van der Waals surface area contributed by atoms with E-state index in [0.29, 0.717) is 0 Å². The average Bonchev–Trinajstić information content (AvgIpc) is 3.34. The third-order valence-electron chi connectivity index (χ3n) is 5.37. The van der Waals surface area contributed by atoms with Gasteiger partial charge in [-0.2, -0.15) is 13.2 Å². The van der Waals surface area contributed by atoms with E-state index in [0.717, 1.165) is 49.9 Å². The van der Waals surface area contributed by atoms with Crippen molar-refractivity contribution < 1.29 is 37.1 Å². The third-order valence-corrected chi connectivity index (χ3v) is 5.37. The lowest BCUT2D eigenvalue weighted by Crippen LogP contribution is -2.34. The van der Waals surface area contributed by atoms with Gasteiger partial charge in [0.15, 0.2) is 6.61 Å². The molecule has 2 aromatic rings. The smallest absolute Gasteiger partial charge is 0.416 e. The number of ether oxygens (including phenoxy) is 1. The molecular weight excluding hydrogens is 467 g/mol. The van der Waals surface area contributed by atoms with E-state index >= 15 is 0 Å². The van der Waals surface area contributed by atoms with Crippen LogP contribution in [0.4, 0.5) is 18.9 Å². The molecule has 3 N–H and O–H groups in total. The number of para-hydroxylation sites is 1. The first-order chi connectivity index (χ1) is 16.6. The molecule has 1 saturated carbocycles. The van der Waals surface area contributed by atoms with Crippen molar-refractivity contribution in [2.45, 2.75) is 37.9 Å². The topological polar surface area (TPSA) is 114 Å². The van der Waals surface area contributed by atoms with E-state index < -0.39 is 42.7 Å². The van der Waals surface area contributed by atoms with Crippen molar-refractivity contribution >= 4 is 29.4 Å². The van der Waals surface area contributed by atoms with Crippen LogP contribution in [0.5, 0.6) is 0 Å². The molecule has 35 heavy (non-hydrogen) atoms. The van der Waals surface area contributed by atoms with Gasteiger partial charge in [-0.25, -0.2) is 0 Å². The van der Waals surface area contributed by atoms with Crippen LogP contribution in [0.2, 0.25) is 0 Å². The molecule has 0 unspecified atom stereocenters. The Bertz CT molecular complexity index is 1080. The van der Waals surface area contributed by atoms with Crippen molar-refractivity contribution in [1.82, 2.24) is 10.6 Å². The summed E-state index contributed by atoms with van der Waals surface area (Å²) in [5.74, 6) is -2.70. The van der Waals surface area contributed by atoms with Gasteiger partial charge in [0.1, 0.15) is 6.54 Å². The Morgan fingerprint density at radius 1 is 0.914 bits per heavy atom. The quantitative estimate of drug-likeness (QED) is 0.491. The van der Waals surface area contributed by atoms with Crippen molar-refractivity contribution in [2.24, 2.45) is 0 Å². The normalized spacial score (nSPS) is 13.7. The zero-order valence-corrected chi connectivity index (χ0v) is 18.6. The second-order valence-electron chi connectivity index (χ2n) is 7.97. The first-order valence-electron chi connectivity index (χ1n) is 10.9. The second kappa shape index (κ2) is 11.5. The van der Waals surface area contributed by atoms with Crippen molar-refractivity contribution in [1.29, 1.82) is 0 Å². The summed E-state index contributed by atoms with van der Waals surface area (Å²) in [5.41, 5.74) is -0.435. The highest BCUT2D eigenvalue weighted by Gasteiger charge is 2.30. The Morgan fingerprint density at radius 3 is 2.23 bits per heavy atom. The number of halogens is 3. The van der Waals surface area contributed by atoms with Gasteiger partial charge in [0.25, 0.3) is 17.7 Å². The molecule has 8 nitrogen and oxygen atoms in total. The number of hydrogen-bond acceptors (Lipinski definition) is 5. The monoisotopic (exact) mass is 491 g/mol. The molecule has 3 rings (SSSR count). The van der Waals surface area contributed by atoms with Crippen LogP contribution in [0.15, 0.2) is 48.5 Å². The van der Waals surface area contributed by atoms with Gasteiger partial charge in [0, 0.05) is 11.6 Å². The molecule has 1 aliphatic rings. The summed E-state index contributed by atoms with van der Waals surface area (Å²) in [4.78, 5) is 48.6. The highest BCUT2D eigenvalue weighted by molar-refractivity contribution is 6.04. The summed E-state index contributed by atoms with van der Waals surface area (Å²) in [5, 5.41) is 7.67. The van der Waals surface area contributed by atoms with Crippen molar-refractivity contribution in [3.05, 3.63) is 65.2 Å². The Kier molecular flexibility index (Phi) is 8.45. The van der Waals surface area contributed by atoms with Crippen LogP contribution in [-0.4, -0.2) is 42.9 Å². The summed E-state index contributed by atoms with van der Waals surface area (Å²) >= 11 is 0. The minimum atomic E-state index is -4.53. The standard InChI is InChI=1S/C24H24F3N3O5/c25-24(26,27)16-11-9-15(10-12-16)22(33)28-13-21(32)35-14-20(31)30-19-8-4-3-7-18(19)23(34)29-17-5-1-2-6-17/h3-4,7-12,17H,1-2,5-6,13-14H2,(H,28,33)(H,29,34)(H,30,31). The minimum Gasteiger partial charge on any atom is -0.454 e. The second-order valence-corrected chi connectivity index (χ2v) is 7.97. The third kappa shape index (κ3) is 7.56. The molecular formula is C24H24F3N3O5. The molecule has 0 spiro atoms. The molecule has 11 heteroatoms. The molecule has 186 valence electrons. The van der Waals surface area contributed by atoms with Gasteiger partial charge >= 0.3 is 12.1 Å². The highest BCUT2D eigenvalue weighted by atomic mass is 19.4. The predicted molar refractivity (Wildman–Crippen MR) is 120 cm³/mol. The SMILES string of the molecule is O=C(COC(=O)CNC(=O)c1ccc(C(F)(F)F)cc1)Nc1ccccc1C(=O)NC1CCCC1. The Morgan fingerprint density at radius 2 is 1.57 bits per heavy atom. The highest BCUT2D eigenvalue weighted by Crippen LogP contribution is 2.29. The Balaban J connectivity index is 1.45. The number of benzene rings is 2. The number of rotatable bonds is 8. The van der Waals surface area contributed by atoms with Crippen molar-refractivity contribution in [3.8, 4) is 0 Å². The molecule has 0 bridgehead atoms. The van der Waals surface area contributed by atoms with Crippen LogP contribution in [-0.2, 0) is 20.5 Å². The number of nitrogens with one attached hydrogen (secondary N) is 3. The summed E-state index contributed by atoms with van der Waals surface area (Å²) in [6.07, 6.45) is -0.601. The van der Waals surface area contributed by atoms with E-state index in [1.54, 1.807) is 24.3 Å². The van der Waals surface area contributed by atoms with Crippen LogP contribution < -0.4 is 16.0 Å². The van der Waals surface area contributed by atoms with Crippen molar-refractivity contribution in [2.75, 3.05) is 18.5 Å². The van der Waals surface area contributed by atoms with Gasteiger partial charge in [0.2, 0.25) is 0 Å². The molecule has 1 fully saturated rings. The van der Waals surface area contributed by atoms with E-state index in [2.05, 4.69) is 16.0 Å². The number of amides is 3. The lowest BCUT2D eigenvalue weighted by molar-refractivity contribution is -0.146. The maximum Gasteiger partial charge on any atom is 0.416 e. The van der Waals surface area contributed by atoms with Gasteiger partial charge in [0.05, 0.1) is 16.8 Å². The van der Waals surface area contributed by atoms with E-state index in [9.17, 15) is 32.3 Å². The maximum absolute atomic E-state index is 12.6. The molecule has 2 aromatic carbocycles. The van der Waals surface area contributed by atoms with Gasteiger partial charge in [-0.3, -0.25) is 19.2 Å². The van der Waals surface area contributed by atoms with Gasteiger partial charge in [-0.05, 0) is 49.2 Å². The van der Waals surface area contributed by atoms with E-state index in [1.165, 1.54) is 0 Å². The van der Waals surface area contributed by atoms with Crippen LogP contribution in [0.25, 0.3) is 0 Å². The number of carbonyl (C=O) groups is 4. The number of esters is 1. The van der Waals surface area contributed by atoms with Crippen molar-refractivity contribution in [3.63, 3.8) is 0 Å². The first kappa shape index (κ1) is 25.7. The molecule has 0 radical (unpaired) electrons. The van der Waals surface area contributed by atoms with Gasteiger partial charge < -0.3 is 20.7 Å². The van der Waals surface area contributed by atoms with E-state index in [1.807, 2.05) is 0 Å². The Hall–Kier alpha value is -3.89. The maximum atomic E-state index is 12.6. The fourth-order valence-corrected chi connectivity index (χ4v) is 3.57. The fourth-order valence-electron chi connectivity index (χ4n) is 3.57. The lowest BCUT2D eigenvalue weighted by Gasteiger charge is -2.15. The predicted octanol–water partition coefficient (Wildman–Crippen LogP) is 3.29. The molecule has 0 aliphatic heterocycles. The van der Waals surface area contributed by atoms with Gasteiger partial charge in [-0.1, -0.05) is 25.0 Å². The molecule has 0 heterocycles. The first-order valence-corrected chi connectivity index (χ1v) is 10.9. The lowest BCUT2D eigenvalue weighted by atomic mass is 10.1. The number of hydrogen-bond donors (Lipinski definition) is 3. The van der Waals surface area contributed by atoms with Crippen LogP contribution >= 0.6 is 0 Å². The summed E-state index contributed by atoms with van der Waals surface area (Å²) in [6, 6.07) is 10.0. The van der Waals surface area contributed by atoms with E-state index in [-0.39, 0.29) is 28.8 Å².